The van der Waals surface area contributed by atoms with Crippen LogP contribution in [0.3, 0.4) is 0 Å². The maximum Gasteiger partial charge on any atom is 0.257 e. The number of benzene rings is 2. The fraction of sp³-hybridized carbons (Fsp3) is 0.333. The Morgan fingerprint density at radius 3 is 2.31 bits per heavy atom. The fourth-order valence-corrected chi connectivity index (χ4v) is 5.46. The van der Waals surface area contributed by atoms with Gasteiger partial charge in [0.25, 0.3) is 5.91 Å². The molecular weight excluding hydrogens is 442 g/mol. The van der Waals surface area contributed by atoms with Gasteiger partial charge in [0.15, 0.2) is 5.13 Å². The summed E-state index contributed by atoms with van der Waals surface area (Å²) >= 11 is 1.35. The molecule has 3 aromatic rings. The van der Waals surface area contributed by atoms with Crippen LogP contribution in [0.4, 0.5) is 5.13 Å². The predicted octanol–water partition coefficient (Wildman–Crippen LogP) is 5.44. The van der Waals surface area contributed by atoms with E-state index in [4.69, 9.17) is 0 Å². The molecule has 0 atom stereocenters. The summed E-state index contributed by atoms with van der Waals surface area (Å²) in [6, 6.07) is 14.2. The van der Waals surface area contributed by atoms with Crippen LogP contribution in [0.25, 0.3) is 11.3 Å². The van der Waals surface area contributed by atoms with Crippen LogP contribution >= 0.6 is 11.3 Å². The van der Waals surface area contributed by atoms with E-state index in [1.807, 2.05) is 31.4 Å². The second-order valence-electron chi connectivity index (χ2n) is 7.42. The molecule has 0 saturated carbocycles. The highest BCUT2D eigenvalue weighted by Crippen LogP contribution is 2.26. The maximum absolute atomic E-state index is 12.8. The van der Waals surface area contributed by atoms with Crippen LogP contribution < -0.4 is 5.32 Å². The summed E-state index contributed by atoms with van der Waals surface area (Å²) < 4.78 is 27.1. The summed E-state index contributed by atoms with van der Waals surface area (Å²) in [5.74, 6) is -0.325. The van der Waals surface area contributed by atoms with Crippen LogP contribution in [0.1, 0.15) is 49.5 Å². The Morgan fingerprint density at radius 1 is 1.03 bits per heavy atom. The molecule has 1 N–H and O–H groups in total. The van der Waals surface area contributed by atoms with Gasteiger partial charge in [-0.25, -0.2) is 13.4 Å². The Balaban J connectivity index is 1.69. The molecule has 0 radical (unpaired) electrons. The molecule has 0 spiro atoms. The third-order valence-corrected chi connectivity index (χ3v) is 8.00. The topological polar surface area (TPSA) is 79.4 Å². The summed E-state index contributed by atoms with van der Waals surface area (Å²) in [6.45, 7) is 6.87. The van der Waals surface area contributed by atoms with E-state index < -0.39 is 10.0 Å². The van der Waals surface area contributed by atoms with Crippen LogP contribution in [0, 0.1) is 0 Å². The van der Waals surface area contributed by atoms with E-state index in [9.17, 15) is 13.2 Å². The first-order valence-electron chi connectivity index (χ1n) is 10.8. The van der Waals surface area contributed by atoms with Crippen LogP contribution in [0.15, 0.2) is 58.8 Å². The predicted molar refractivity (Wildman–Crippen MR) is 131 cm³/mol. The van der Waals surface area contributed by atoms with Gasteiger partial charge in [-0.05, 0) is 42.7 Å². The molecule has 170 valence electrons. The van der Waals surface area contributed by atoms with Crippen LogP contribution in [-0.2, 0) is 16.4 Å². The number of hydrogen-bond donors (Lipinski definition) is 1. The molecule has 0 bridgehead atoms. The molecule has 1 heterocycles. The molecule has 8 heteroatoms. The maximum atomic E-state index is 12.8. The number of unbranched alkanes of at least 4 members (excludes halogenated alkanes) is 1. The molecule has 3 rings (SSSR count). The second kappa shape index (κ2) is 10.8. The highest BCUT2D eigenvalue weighted by Gasteiger charge is 2.22. The Labute approximate surface area is 194 Å². The van der Waals surface area contributed by atoms with Crippen LogP contribution in [0.5, 0.6) is 0 Å². The molecule has 32 heavy (non-hydrogen) atoms. The third-order valence-electron chi connectivity index (χ3n) is 5.25. The number of amides is 1. The SMILES string of the molecule is CCCCN(CC)S(=O)(=O)c1ccc(C(=O)Nc2nc(-c3ccc(CC)cc3)cs2)cc1. The Morgan fingerprint density at radius 2 is 1.72 bits per heavy atom. The van der Waals surface area contributed by atoms with Crippen LogP contribution in [-0.4, -0.2) is 36.7 Å². The van der Waals surface area contributed by atoms with Gasteiger partial charge in [-0.3, -0.25) is 10.1 Å². The Bertz CT molecular complexity index is 1140. The number of thiazole rings is 1. The highest BCUT2D eigenvalue weighted by molar-refractivity contribution is 7.89. The number of aryl methyl sites for hydroxylation is 1. The van der Waals surface area contributed by atoms with E-state index in [0.29, 0.717) is 23.8 Å². The lowest BCUT2D eigenvalue weighted by molar-refractivity contribution is 0.102. The number of carbonyl (C=O) groups is 1. The lowest BCUT2D eigenvalue weighted by Gasteiger charge is -2.20. The summed E-state index contributed by atoms with van der Waals surface area (Å²) in [6.07, 6.45) is 2.72. The minimum atomic E-state index is -3.57. The van der Waals surface area contributed by atoms with Crippen LogP contribution in [0.2, 0.25) is 0 Å². The number of nitrogens with one attached hydrogen (secondary N) is 1. The third kappa shape index (κ3) is 5.62. The number of carbonyl (C=O) groups excluding carboxylic acids is 1. The van der Waals surface area contributed by atoms with Gasteiger partial charge in [0, 0.05) is 29.6 Å². The van der Waals surface area contributed by atoms with Crippen molar-refractivity contribution in [2.45, 2.75) is 44.9 Å². The minimum absolute atomic E-state index is 0.194. The number of sulfonamides is 1. The average Bonchev–Trinajstić information content (AvgIpc) is 3.28. The molecule has 0 saturated heterocycles. The number of nitrogens with zero attached hydrogens (tertiary/aromatic N) is 2. The zero-order chi connectivity index (χ0) is 23.1. The smallest absolute Gasteiger partial charge is 0.257 e. The van der Waals surface area contributed by atoms with Crippen molar-refractivity contribution in [3.05, 3.63) is 65.0 Å². The van der Waals surface area contributed by atoms with Gasteiger partial charge in [-0.15, -0.1) is 11.3 Å². The average molecular weight is 472 g/mol. The van der Waals surface area contributed by atoms with Crippen molar-refractivity contribution in [3.63, 3.8) is 0 Å². The first kappa shape index (κ1) is 24.1. The fourth-order valence-electron chi connectivity index (χ4n) is 3.25. The monoisotopic (exact) mass is 471 g/mol. The summed E-state index contributed by atoms with van der Waals surface area (Å²) in [4.78, 5) is 17.3. The lowest BCUT2D eigenvalue weighted by Crippen LogP contribution is -2.31. The second-order valence-corrected chi connectivity index (χ2v) is 10.2. The largest absolute Gasteiger partial charge is 0.298 e. The molecule has 2 aromatic carbocycles. The van der Waals surface area contributed by atoms with Gasteiger partial charge in [0.1, 0.15) is 0 Å². The van der Waals surface area contributed by atoms with Crippen molar-refractivity contribution in [2.75, 3.05) is 18.4 Å². The zero-order valence-electron chi connectivity index (χ0n) is 18.7. The molecule has 0 fully saturated rings. The minimum Gasteiger partial charge on any atom is -0.298 e. The van der Waals surface area contributed by atoms with Gasteiger partial charge in [0.2, 0.25) is 10.0 Å². The summed E-state index contributed by atoms with van der Waals surface area (Å²) in [5.41, 5.74) is 3.44. The van der Waals surface area contributed by atoms with Crippen molar-refractivity contribution in [2.24, 2.45) is 0 Å². The van der Waals surface area contributed by atoms with Crippen molar-refractivity contribution >= 4 is 32.4 Å². The molecular formula is C24H29N3O3S2. The van der Waals surface area contributed by atoms with Gasteiger partial charge >= 0.3 is 0 Å². The molecule has 1 amide bonds. The number of rotatable bonds is 10. The molecule has 1 aromatic heterocycles. The first-order valence-corrected chi connectivity index (χ1v) is 13.2. The first-order chi connectivity index (χ1) is 15.4. The van der Waals surface area contributed by atoms with E-state index in [-0.39, 0.29) is 10.8 Å². The van der Waals surface area contributed by atoms with Gasteiger partial charge in [0.05, 0.1) is 10.6 Å². The van der Waals surface area contributed by atoms with Crippen molar-refractivity contribution in [1.82, 2.24) is 9.29 Å². The van der Waals surface area contributed by atoms with E-state index in [1.54, 1.807) is 0 Å². The quantitative estimate of drug-likeness (QED) is 0.427. The number of hydrogen-bond acceptors (Lipinski definition) is 5. The molecule has 0 aliphatic rings. The number of anilines is 1. The summed E-state index contributed by atoms with van der Waals surface area (Å²) in [5, 5.41) is 5.20. The Hall–Kier alpha value is -2.55. The number of aromatic nitrogens is 1. The molecule has 6 nitrogen and oxygen atoms in total. The van der Waals surface area contributed by atoms with E-state index in [1.165, 1.54) is 45.5 Å². The van der Waals surface area contributed by atoms with Crippen molar-refractivity contribution in [1.29, 1.82) is 0 Å². The van der Waals surface area contributed by atoms with E-state index >= 15 is 0 Å². The molecule has 0 aliphatic carbocycles. The van der Waals surface area contributed by atoms with Gasteiger partial charge < -0.3 is 0 Å². The normalized spacial score (nSPS) is 11.6. The molecule has 0 unspecified atom stereocenters. The zero-order valence-corrected chi connectivity index (χ0v) is 20.3. The van der Waals surface area contributed by atoms with Crippen molar-refractivity contribution < 1.29 is 13.2 Å². The Kier molecular flexibility index (Phi) is 8.17. The lowest BCUT2D eigenvalue weighted by atomic mass is 10.1. The van der Waals surface area contributed by atoms with Gasteiger partial charge in [-0.2, -0.15) is 4.31 Å². The highest BCUT2D eigenvalue weighted by atomic mass is 32.2. The van der Waals surface area contributed by atoms with E-state index in [0.717, 1.165) is 30.5 Å². The van der Waals surface area contributed by atoms with E-state index in [2.05, 4.69) is 29.4 Å². The summed E-state index contributed by atoms with van der Waals surface area (Å²) in [7, 11) is -3.57. The molecule has 0 aliphatic heterocycles. The standard InChI is InChI=1S/C24H29N3O3S2/c1-4-7-16-27(6-3)32(29,30)21-14-12-20(13-15-21)23(28)26-24-25-22(17-31-24)19-10-8-18(5-2)9-11-19/h8-15,17H,4-7,16H2,1-3H3,(H,25,26,28). The van der Waals surface area contributed by atoms with Crippen molar-refractivity contribution in [3.8, 4) is 11.3 Å². The van der Waals surface area contributed by atoms with Gasteiger partial charge in [-0.1, -0.05) is 51.5 Å².